The van der Waals surface area contributed by atoms with Gasteiger partial charge < -0.3 is 10.6 Å². The molecular weight excluding hydrogens is 214 g/mol. The number of hydrogen-bond acceptors (Lipinski definition) is 5. The van der Waals surface area contributed by atoms with Crippen LogP contribution in [0.2, 0.25) is 0 Å². The van der Waals surface area contributed by atoms with Gasteiger partial charge in [0, 0.05) is 38.6 Å². The van der Waals surface area contributed by atoms with Crippen LogP contribution in [0.3, 0.4) is 0 Å². The summed E-state index contributed by atoms with van der Waals surface area (Å²) in [4.78, 5) is 13.0. The predicted molar refractivity (Wildman–Crippen MR) is 69.0 cm³/mol. The molecule has 1 aromatic rings. The standard InChI is InChI=1S/C12H21N5/c13-4-1-2-7-16-8-10-17(11-9-16)12-14-5-3-6-15-12/h3,5-6H,1-2,4,7-11,13H2/i3D. The number of hydrogen-bond donors (Lipinski definition) is 1. The summed E-state index contributed by atoms with van der Waals surface area (Å²) in [6.45, 7) is 5.94. The van der Waals surface area contributed by atoms with Gasteiger partial charge in [0.1, 0.15) is 0 Å². The van der Waals surface area contributed by atoms with Crippen LogP contribution in [0.15, 0.2) is 18.4 Å². The lowest BCUT2D eigenvalue weighted by Gasteiger charge is -2.34. The molecule has 5 nitrogen and oxygen atoms in total. The van der Waals surface area contributed by atoms with Crippen LogP contribution in [0.5, 0.6) is 0 Å². The average Bonchev–Trinajstić information content (AvgIpc) is 2.41. The van der Waals surface area contributed by atoms with Crippen LogP contribution in [-0.4, -0.2) is 54.1 Å². The summed E-state index contributed by atoms with van der Waals surface area (Å²) in [5, 5.41) is 0. The summed E-state index contributed by atoms with van der Waals surface area (Å²) < 4.78 is 7.37. The summed E-state index contributed by atoms with van der Waals surface area (Å²) in [6, 6.07) is 0.360. The van der Waals surface area contributed by atoms with Gasteiger partial charge in [-0.15, -0.1) is 0 Å². The fraction of sp³-hybridized carbons (Fsp3) is 0.667. The van der Waals surface area contributed by atoms with Crippen LogP contribution in [0.4, 0.5) is 5.95 Å². The van der Waals surface area contributed by atoms with Gasteiger partial charge in [0.25, 0.3) is 0 Å². The Morgan fingerprint density at radius 3 is 2.53 bits per heavy atom. The molecule has 2 rings (SSSR count). The van der Waals surface area contributed by atoms with E-state index in [1.807, 2.05) is 0 Å². The molecule has 0 aliphatic carbocycles. The van der Waals surface area contributed by atoms with Crippen molar-refractivity contribution in [1.29, 1.82) is 0 Å². The third-order valence-electron chi connectivity index (χ3n) is 3.09. The van der Waals surface area contributed by atoms with Crippen LogP contribution < -0.4 is 10.6 Å². The Bertz CT molecular complexity index is 348. The molecular formula is C12H21N5. The quantitative estimate of drug-likeness (QED) is 0.747. The maximum Gasteiger partial charge on any atom is 0.225 e. The first-order valence-corrected chi connectivity index (χ1v) is 6.25. The van der Waals surface area contributed by atoms with E-state index in [9.17, 15) is 0 Å². The molecule has 0 aromatic carbocycles. The first-order valence-electron chi connectivity index (χ1n) is 6.75. The van der Waals surface area contributed by atoms with Crippen molar-refractivity contribution >= 4 is 5.95 Å². The summed E-state index contributed by atoms with van der Waals surface area (Å²) in [7, 11) is 0. The lowest BCUT2D eigenvalue weighted by Crippen LogP contribution is -2.47. The molecule has 0 spiro atoms. The van der Waals surface area contributed by atoms with E-state index in [0.29, 0.717) is 6.04 Å². The minimum Gasteiger partial charge on any atom is -0.338 e. The molecule has 2 heterocycles. The van der Waals surface area contributed by atoms with Gasteiger partial charge in [-0.1, -0.05) is 0 Å². The van der Waals surface area contributed by atoms with Gasteiger partial charge in [-0.05, 0) is 32.0 Å². The number of aromatic nitrogens is 2. The number of piperazine rings is 1. The summed E-state index contributed by atoms with van der Waals surface area (Å²) >= 11 is 0. The van der Waals surface area contributed by atoms with Crippen molar-refractivity contribution in [2.45, 2.75) is 12.8 Å². The van der Waals surface area contributed by atoms with E-state index in [0.717, 1.165) is 51.6 Å². The SMILES string of the molecule is [2H]c1cnc(N2CCN(CCCCN)CC2)nc1. The zero-order valence-corrected chi connectivity index (χ0v) is 10.2. The number of rotatable bonds is 5. The highest BCUT2D eigenvalue weighted by molar-refractivity contribution is 5.29. The van der Waals surface area contributed by atoms with Crippen molar-refractivity contribution in [2.24, 2.45) is 5.73 Å². The Morgan fingerprint density at radius 2 is 1.88 bits per heavy atom. The highest BCUT2D eigenvalue weighted by Gasteiger charge is 2.17. The van der Waals surface area contributed by atoms with Crippen molar-refractivity contribution in [1.82, 2.24) is 14.9 Å². The monoisotopic (exact) mass is 236 g/mol. The minimum absolute atomic E-state index is 0.360. The van der Waals surface area contributed by atoms with E-state index in [4.69, 9.17) is 7.10 Å². The van der Waals surface area contributed by atoms with Crippen LogP contribution >= 0.6 is 0 Å². The zero-order chi connectivity index (χ0) is 12.8. The number of anilines is 1. The Balaban J connectivity index is 1.77. The lowest BCUT2D eigenvalue weighted by atomic mass is 10.2. The van der Waals surface area contributed by atoms with Gasteiger partial charge in [-0.2, -0.15) is 0 Å². The third kappa shape index (κ3) is 3.64. The number of nitrogens with zero attached hydrogens (tertiary/aromatic N) is 4. The molecule has 5 heteroatoms. The van der Waals surface area contributed by atoms with Crippen molar-refractivity contribution in [3.63, 3.8) is 0 Å². The van der Waals surface area contributed by atoms with Crippen LogP contribution in [0, 0.1) is 0 Å². The van der Waals surface area contributed by atoms with Crippen molar-refractivity contribution < 1.29 is 1.37 Å². The predicted octanol–water partition coefficient (Wildman–Crippen LogP) is 0.338. The normalized spacial score (nSPS) is 18.2. The lowest BCUT2D eigenvalue weighted by molar-refractivity contribution is 0.252. The molecule has 0 atom stereocenters. The van der Waals surface area contributed by atoms with Crippen LogP contribution in [0.1, 0.15) is 14.2 Å². The molecule has 0 saturated carbocycles. The maximum atomic E-state index is 7.37. The molecule has 1 aliphatic heterocycles. The molecule has 1 aromatic heterocycles. The second-order valence-electron chi connectivity index (χ2n) is 4.31. The highest BCUT2D eigenvalue weighted by Crippen LogP contribution is 2.09. The van der Waals surface area contributed by atoms with E-state index in [-0.39, 0.29) is 0 Å². The largest absolute Gasteiger partial charge is 0.338 e. The minimum atomic E-state index is 0.360. The van der Waals surface area contributed by atoms with Gasteiger partial charge in [0.05, 0.1) is 1.37 Å². The second-order valence-corrected chi connectivity index (χ2v) is 4.31. The third-order valence-corrected chi connectivity index (χ3v) is 3.09. The smallest absolute Gasteiger partial charge is 0.225 e. The maximum absolute atomic E-state index is 7.37. The van der Waals surface area contributed by atoms with Crippen LogP contribution in [0.25, 0.3) is 0 Å². The Morgan fingerprint density at radius 1 is 1.18 bits per heavy atom. The summed E-state index contributed by atoms with van der Waals surface area (Å²) in [5.74, 6) is 0.743. The molecule has 0 radical (unpaired) electrons. The van der Waals surface area contributed by atoms with Gasteiger partial charge in [0.15, 0.2) is 0 Å². The summed E-state index contributed by atoms with van der Waals surface area (Å²) in [6.07, 6.45) is 5.39. The number of unbranched alkanes of at least 4 members (excludes halogenated alkanes) is 1. The van der Waals surface area contributed by atoms with E-state index in [1.165, 1.54) is 6.42 Å². The molecule has 0 amide bonds. The van der Waals surface area contributed by atoms with Gasteiger partial charge in [-0.25, -0.2) is 9.97 Å². The topological polar surface area (TPSA) is 58.3 Å². The van der Waals surface area contributed by atoms with Gasteiger partial charge >= 0.3 is 0 Å². The van der Waals surface area contributed by atoms with Crippen molar-refractivity contribution in [3.05, 3.63) is 18.4 Å². The van der Waals surface area contributed by atoms with E-state index in [1.54, 1.807) is 12.4 Å². The Kier molecular flexibility index (Phi) is 4.19. The Labute approximate surface area is 104 Å². The first-order chi connectivity index (χ1) is 8.79. The molecule has 2 N–H and O–H groups in total. The Hall–Kier alpha value is -1.20. The van der Waals surface area contributed by atoms with Gasteiger partial charge in [0.2, 0.25) is 5.95 Å². The molecule has 1 fully saturated rings. The molecule has 17 heavy (non-hydrogen) atoms. The first kappa shape index (κ1) is 10.9. The molecule has 0 unspecified atom stereocenters. The van der Waals surface area contributed by atoms with E-state index < -0.39 is 0 Å². The van der Waals surface area contributed by atoms with Crippen LogP contribution in [-0.2, 0) is 0 Å². The fourth-order valence-electron chi connectivity index (χ4n) is 2.07. The second kappa shape index (κ2) is 6.51. The van der Waals surface area contributed by atoms with E-state index in [2.05, 4.69) is 19.8 Å². The van der Waals surface area contributed by atoms with Crippen molar-refractivity contribution in [3.8, 4) is 0 Å². The molecule has 94 valence electrons. The molecule has 0 bridgehead atoms. The van der Waals surface area contributed by atoms with Crippen molar-refractivity contribution in [2.75, 3.05) is 44.2 Å². The number of nitrogens with two attached hydrogens (primary N) is 1. The molecule has 1 aliphatic rings. The zero-order valence-electron chi connectivity index (χ0n) is 11.2. The highest BCUT2D eigenvalue weighted by atomic mass is 15.3. The van der Waals surface area contributed by atoms with E-state index >= 15 is 0 Å². The van der Waals surface area contributed by atoms with Gasteiger partial charge in [-0.3, -0.25) is 4.90 Å². The summed E-state index contributed by atoms with van der Waals surface area (Å²) in [5.41, 5.74) is 5.50. The molecule has 1 saturated heterocycles. The average molecular weight is 236 g/mol. The fourth-order valence-corrected chi connectivity index (χ4v) is 2.07.